The van der Waals surface area contributed by atoms with E-state index in [0.29, 0.717) is 22.8 Å². The van der Waals surface area contributed by atoms with Gasteiger partial charge >= 0.3 is 0 Å². The molecule has 1 atom stereocenters. The van der Waals surface area contributed by atoms with Gasteiger partial charge in [-0.05, 0) is 35.9 Å². The summed E-state index contributed by atoms with van der Waals surface area (Å²) in [5, 5.41) is 9.64. The minimum atomic E-state index is -0.852. The third-order valence-electron chi connectivity index (χ3n) is 4.62. The largest absolute Gasteiger partial charge is 0.497 e. The van der Waals surface area contributed by atoms with Gasteiger partial charge in [0.2, 0.25) is 11.8 Å². The molecule has 148 valence electrons. The molecule has 9 heteroatoms. The molecule has 0 saturated heterocycles. The predicted molar refractivity (Wildman–Crippen MR) is 107 cm³/mol. The smallest absolute Gasteiger partial charge is 0.249 e. The molecule has 2 amide bonds. The van der Waals surface area contributed by atoms with Gasteiger partial charge in [-0.1, -0.05) is 23.7 Å². The highest BCUT2D eigenvalue weighted by molar-refractivity contribution is 6.31. The molecule has 1 aromatic heterocycles. The quantitative estimate of drug-likeness (QED) is 0.678. The fourth-order valence-corrected chi connectivity index (χ4v) is 3.33. The summed E-state index contributed by atoms with van der Waals surface area (Å²) in [7, 11) is 1.58. The number of benzene rings is 2. The summed E-state index contributed by atoms with van der Waals surface area (Å²) in [4.78, 5) is 25.0. The van der Waals surface area contributed by atoms with Crippen LogP contribution in [0.1, 0.15) is 12.5 Å². The number of carbonyl (C=O) groups is 2. The molecule has 7 nitrogen and oxygen atoms in total. The van der Waals surface area contributed by atoms with E-state index in [9.17, 15) is 14.0 Å². The molecule has 2 N–H and O–H groups in total. The summed E-state index contributed by atoms with van der Waals surface area (Å²) in [5.74, 6) is -0.198. The average Bonchev–Trinajstić information content (AvgIpc) is 3.13. The third kappa shape index (κ3) is 3.66. The van der Waals surface area contributed by atoms with Gasteiger partial charge in [-0.15, -0.1) is 0 Å². The molecule has 0 saturated carbocycles. The highest BCUT2D eigenvalue weighted by Gasteiger charge is 2.33. The first-order valence-corrected chi connectivity index (χ1v) is 9.12. The number of hydrogen-bond acceptors (Lipinski definition) is 4. The van der Waals surface area contributed by atoms with E-state index < -0.39 is 17.8 Å². The highest BCUT2D eigenvalue weighted by Crippen LogP contribution is 2.35. The third-order valence-corrected chi connectivity index (χ3v) is 4.91. The Morgan fingerprint density at radius 1 is 1.31 bits per heavy atom. The van der Waals surface area contributed by atoms with E-state index in [1.54, 1.807) is 25.4 Å². The predicted octanol–water partition coefficient (Wildman–Crippen LogP) is 3.87. The van der Waals surface area contributed by atoms with Gasteiger partial charge in [0.25, 0.3) is 0 Å². The SMILES string of the molecule is COc1ccc(-c2cnn3c2NC(=O)CC3C(=O)Nc2ccc(F)c(Cl)c2)cc1. The maximum atomic E-state index is 13.3. The summed E-state index contributed by atoms with van der Waals surface area (Å²) in [5.41, 5.74) is 1.83. The monoisotopic (exact) mass is 414 g/mol. The Balaban J connectivity index is 1.64. The van der Waals surface area contributed by atoms with Crippen molar-refractivity contribution in [1.29, 1.82) is 0 Å². The second-order valence-corrected chi connectivity index (χ2v) is 6.87. The van der Waals surface area contributed by atoms with E-state index in [1.165, 1.54) is 16.8 Å². The van der Waals surface area contributed by atoms with Crippen molar-refractivity contribution in [2.45, 2.75) is 12.5 Å². The number of rotatable bonds is 4. The van der Waals surface area contributed by atoms with Crippen molar-refractivity contribution in [2.24, 2.45) is 0 Å². The highest BCUT2D eigenvalue weighted by atomic mass is 35.5. The van der Waals surface area contributed by atoms with Gasteiger partial charge in [-0.2, -0.15) is 5.10 Å². The topological polar surface area (TPSA) is 85.2 Å². The molecular weight excluding hydrogens is 399 g/mol. The summed E-state index contributed by atoms with van der Waals surface area (Å²) in [6.07, 6.45) is 1.52. The second kappa shape index (κ2) is 7.56. The van der Waals surface area contributed by atoms with E-state index in [4.69, 9.17) is 16.3 Å². The Hall–Kier alpha value is -3.39. The van der Waals surface area contributed by atoms with Gasteiger partial charge < -0.3 is 15.4 Å². The Morgan fingerprint density at radius 2 is 2.07 bits per heavy atom. The molecule has 0 spiro atoms. The molecule has 3 aromatic rings. The summed E-state index contributed by atoms with van der Waals surface area (Å²) in [6.45, 7) is 0. The number of amides is 2. The zero-order valence-electron chi connectivity index (χ0n) is 15.3. The van der Waals surface area contributed by atoms with Gasteiger partial charge in [0.15, 0.2) is 0 Å². The number of halogens is 2. The van der Waals surface area contributed by atoms with E-state index in [-0.39, 0.29) is 17.4 Å². The lowest BCUT2D eigenvalue weighted by Gasteiger charge is -2.24. The number of anilines is 2. The zero-order valence-corrected chi connectivity index (χ0v) is 16.0. The fraction of sp³-hybridized carbons (Fsp3) is 0.150. The minimum Gasteiger partial charge on any atom is -0.497 e. The van der Waals surface area contributed by atoms with E-state index in [1.807, 2.05) is 12.1 Å². The van der Waals surface area contributed by atoms with Gasteiger partial charge in [-0.25, -0.2) is 9.07 Å². The Morgan fingerprint density at radius 3 is 2.76 bits per heavy atom. The molecule has 0 bridgehead atoms. The molecule has 2 aromatic carbocycles. The van der Waals surface area contributed by atoms with Gasteiger partial charge in [-0.3, -0.25) is 9.59 Å². The maximum Gasteiger partial charge on any atom is 0.249 e. The Labute approximate surface area is 170 Å². The lowest BCUT2D eigenvalue weighted by Crippen LogP contribution is -2.35. The summed E-state index contributed by atoms with van der Waals surface area (Å²) in [6, 6.07) is 10.3. The maximum absolute atomic E-state index is 13.3. The molecule has 1 unspecified atom stereocenters. The first kappa shape index (κ1) is 18.9. The minimum absolute atomic E-state index is 0.0719. The zero-order chi connectivity index (χ0) is 20.5. The number of nitrogens with zero attached hydrogens (tertiary/aromatic N) is 2. The van der Waals surface area contributed by atoms with Crippen LogP contribution in [0.3, 0.4) is 0 Å². The Kier molecular flexibility index (Phi) is 4.94. The Bertz CT molecular complexity index is 1100. The number of ether oxygens (including phenoxy) is 1. The van der Waals surface area contributed by atoms with Crippen LogP contribution < -0.4 is 15.4 Å². The van der Waals surface area contributed by atoms with Crippen molar-refractivity contribution in [3.63, 3.8) is 0 Å². The van der Waals surface area contributed by atoms with Gasteiger partial charge in [0.1, 0.15) is 23.4 Å². The van der Waals surface area contributed by atoms with E-state index >= 15 is 0 Å². The molecule has 0 radical (unpaired) electrons. The number of nitrogens with one attached hydrogen (secondary N) is 2. The second-order valence-electron chi connectivity index (χ2n) is 6.47. The fourth-order valence-electron chi connectivity index (χ4n) is 3.15. The normalized spacial score (nSPS) is 15.4. The number of aromatic nitrogens is 2. The van der Waals surface area contributed by atoms with Crippen molar-refractivity contribution in [3.05, 3.63) is 59.5 Å². The summed E-state index contributed by atoms with van der Waals surface area (Å²) >= 11 is 5.76. The van der Waals surface area contributed by atoms with Crippen LogP contribution in [0.2, 0.25) is 5.02 Å². The number of carbonyl (C=O) groups excluding carboxylic acids is 2. The van der Waals surface area contributed by atoms with Crippen molar-refractivity contribution in [1.82, 2.24) is 9.78 Å². The lowest BCUT2D eigenvalue weighted by molar-refractivity contribution is -0.125. The molecule has 1 aliphatic heterocycles. The first-order valence-electron chi connectivity index (χ1n) is 8.74. The number of hydrogen-bond donors (Lipinski definition) is 2. The van der Waals surface area contributed by atoms with Crippen LogP contribution in [0.15, 0.2) is 48.7 Å². The van der Waals surface area contributed by atoms with Crippen LogP contribution in [-0.4, -0.2) is 28.7 Å². The molecular formula is C20H16ClFN4O3. The standard InChI is InChI=1S/C20H16ClFN4O3/c1-29-13-5-2-11(3-6-13)14-10-23-26-17(9-18(27)25-19(14)26)20(28)24-12-4-7-16(22)15(21)8-12/h2-8,10,17H,9H2,1H3,(H,24,28)(H,25,27). The first-order chi connectivity index (χ1) is 14.0. The van der Waals surface area contributed by atoms with Crippen LogP contribution in [0.25, 0.3) is 11.1 Å². The van der Waals surface area contributed by atoms with Crippen LogP contribution in [-0.2, 0) is 9.59 Å². The van der Waals surface area contributed by atoms with Gasteiger partial charge in [0, 0.05) is 11.3 Å². The van der Waals surface area contributed by atoms with Crippen LogP contribution in [0.5, 0.6) is 5.75 Å². The molecule has 1 aliphatic rings. The summed E-state index contributed by atoms with van der Waals surface area (Å²) < 4.78 is 20.0. The molecule has 0 aliphatic carbocycles. The number of fused-ring (bicyclic) bond motifs is 1. The van der Waals surface area contributed by atoms with Crippen LogP contribution in [0.4, 0.5) is 15.9 Å². The van der Waals surface area contributed by atoms with Crippen molar-refractivity contribution in [3.8, 4) is 16.9 Å². The molecule has 0 fully saturated rings. The van der Waals surface area contributed by atoms with Crippen molar-refractivity contribution < 1.29 is 18.7 Å². The molecule has 29 heavy (non-hydrogen) atoms. The van der Waals surface area contributed by atoms with Crippen molar-refractivity contribution >= 4 is 34.9 Å². The number of methoxy groups -OCH3 is 1. The van der Waals surface area contributed by atoms with Crippen molar-refractivity contribution in [2.75, 3.05) is 17.7 Å². The van der Waals surface area contributed by atoms with E-state index in [2.05, 4.69) is 15.7 Å². The van der Waals surface area contributed by atoms with Crippen LogP contribution in [0, 0.1) is 5.82 Å². The lowest BCUT2D eigenvalue weighted by atomic mass is 10.1. The molecule has 2 heterocycles. The average molecular weight is 415 g/mol. The van der Waals surface area contributed by atoms with Gasteiger partial charge in [0.05, 0.1) is 24.8 Å². The van der Waals surface area contributed by atoms with E-state index in [0.717, 1.165) is 11.6 Å². The molecule has 4 rings (SSSR count). The van der Waals surface area contributed by atoms with Crippen LogP contribution >= 0.6 is 11.6 Å².